The Bertz CT molecular complexity index is 1180. The first-order chi connectivity index (χ1) is 13.8. The lowest BCUT2D eigenvalue weighted by Crippen LogP contribution is -2.04. The number of halogens is 3. The summed E-state index contributed by atoms with van der Waals surface area (Å²) in [6.07, 6.45) is -2.69. The monoisotopic (exact) mass is 397 g/mol. The number of pyridine rings is 1. The van der Waals surface area contributed by atoms with Gasteiger partial charge in [-0.05, 0) is 54.4 Å². The van der Waals surface area contributed by atoms with E-state index in [0.29, 0.717) is 17.1 Å². The molecule has 4 rings (SSSR count). The number of rotatable bonds is 4. The van der Waals surface area contributed by atoms with Crippen LogP contribution < -0.4 is 10.1 Å². The van der Waals surface area contributed by atoms with E-state index in [1.165, 1.54) is 6.07 Å². The molecule has 2 aromatic heterocycles. The van der Waals surface area contributed by atoms with Crippen molar-refractivity contribution in [3.8, 4) is 17.0 Å². The lowest BCUT2D eigenvalue weighted by atomic mass is 10.1. The molecule has 0 fully saturated rings. The fraction of sp³-hybridized carbons (Fsp3) is 0.136. The Morgan fingerprint density at radius 1 is 1.03 bits per heavy atom. The van der Waals surface area contributed by atoms with E-state index in [2.05, 4.69) is 15.3 Å². The quantitative estimate of drug-likeness (QED) is 0.424. The van der Waals surface area contributed by atoms with Crippen molar-refractivity contribution in [1.82, 2.24) is 9.97 Å². The molecular weight excluding hydrogens is 379 g/mol. The molecule has 0 aliphatic carbocycles. The molecule has 0 aliphatic heterocycles. The Kier molecular flexibility index (Phi) is 4.66. The van der Waals surface area contributed by atoms with Crippen molar-refractivity contribution in [3.63, 3.8) is 0 Å². The Hall–Kier alpha value is -3.48. The number of fused-ring (bicyclic) bond motifs is 1. The number of H-pyrrole nitrogens is 1. The highest BCUT2D eigenvalue weighted by Crippen LogP contribution is 2.33. The first-order valence-electron chi connectivity index (χ1n) is 8.91. The highest BCUT2D eigenvalue weighted by molar-refractivity contribution is 5.87. The molecule has 0 spiro atoms. The number of hydrogen-bond donors (Lipinski definition) is 2. The van der Waals surface area contributed by atoms with E-state index in [1.54, 1.807) is 25.4 Å². The maximum atomic E-state index is 13.0. The van der Waals surface area contributed by atoms with E-state index in [4.69, 9.17) is 4.74 Å². The van der Waals surface area contributed by atoms with Gasteiger partial charge in [0, 0.05) is 29.0 Å². The minimum atomic E-state index is -4.38. The van der Waals surface area contributed by atoms with Crippen molar-refractivity contribution in [3.05, 3.63) is 71.9 Å². The first-order valence-corrected chi connectivity index (χ1v) is 8.91. The summed E-state index contributed by atoms with van der Waals surface area (Å²) in [4.78, 5) is 7.59. The number of ether oxygens (including phenoxy) is 1. The van der Waals surface area contributed by atoms with Crippen molar-refractivity contribution in [1.29, 1.82) is 0 Å². The normalized spacial score (nSPS) is 11.6. The number of nitrogens with zero attached hydrogens (tertiary/aromatic N) is 1. The first kappa shape index (κ1) is 18.9. The largest absolute Gasteiger partial charge is 0.497 e. The zero-order chi connectivity index (χ0) is 20.6. The van der Waals surface area contributed by atoms with Gasteiger partial charge in [0.05, 0.1) is 18.2 Å². The molecular formula is C22H18F3N3O. The van der Waals surface area contributed by atoms with Crippen LogP contribution in [0.2, 0.25) is 0 Å². The van der Waals surface area contributed by atoms with E-state index in [9.17, 15) is 13.2 Å². The van der Waals surface area contributed by atoms with E-state index in [-0.39, 0.29) is 0 Å². The summed E-state index contributed by atoms with van der Waals surface area (Å²) >= 11 is 0. The Balaban J connectivity index is 1.65. The van der Waals surface area contributed by atoms with Gasteiger partial charge in [0.1, 0.15) is 11.6 Å². The second kappa shape index (κ2) is 7.16. The van der Waals surface area contributed by atoms with Crippen molar-refractivity contribution >= 4 is 22.4 Å². The molecule has 0 radical (unpaired) electrons. The molecule has 29 heavy (non-hydrogen) atoms. The Morgan fingerprint density at radius 3 is 2.59 bits per heavy atom. The smallest absolute Gasteiger partial charge is 0.416 e. The average Bonchev–Trinajstić information content (AvgIpc) is 3.12. The predicted octanol–water partition coefficient (Wildman–Crippen LogP) is 6.31. The maximum absolute atomic E-state index is 13.0. The van der Waals surface area contributed by atoms with Gasteiger partial charge in [-0.25, -0.2) is 4.98 Å². The average molecular weight is 397 g/mol. The van der Waals surface area contributed by atoms with Gasteiger partial charge in [0.2, 0.25) is 0 Å². The van der Waals surface area contributed by atoms with E-state index < -0.39 is 11.7 Å². The third-order valence-corrected chi connectivity index (χ3v) is 4.70. The van der Waals surface area contributed by atoms with Gasteiger partial charge < -0.3 is 15.0 Å². The van der Waals surface area contributed by atoms with Crippen LogP contribution in [0.5, 0.6) is 5.75 Å². The summed E-state index contributed by atoms with van der Waals surface area (Å²) in [6.45, 7) is 1.96. The number of aromatic nitrogens is 2. The molecule has 0 atom stereocenters. The van der Waals surface area contributed by atoms with Crippen LogP contribution in [0.1, 0.15) is 11.1 Å². The lowest BCUT2D eigenvalue weighted by Gasteiger charge is -2.10. The van der Waals surface area contributed by atoms with Crippen molar-refractivity contribution in [2.75, 3.05) is 12.4 Å². The highest BCUT2D eigenvalue weighted by atomic mass is 19.4. The molecule has 0 saturated heterocycles. The number of anilines is 2. The third kappa shape index (κ3) is 3.89. The third-order valence-electron chi connectivity index (χ3n) is 4.70. The summed E-state index contributed by atoms with van der Waals surface area (Å²) in [5.41, 5.74) is 3.07. The van der Waals surface area contributed by atoms with E-state index in [1.807, 2.05) is 31.2 Å². The van der Waals surface area contributed by atoms with Crippen LogP contribution in [0.3, 0.4) is 0 Å². The second-order valence-corrected chi connectivity index (χ2v) is 6.72. The summed E-state index contributed by atoms with van der Waals surface area (Å²) < 4.78 is 44.2. The van der Waals surface area contributed by atoms with Crippen LogP contribution >= 0.6 is 0 Å². The van der Waals surface area contributed by atoms with Gasteiger partial charge in [-0.2, -0.15) is 13.2 Å². The van der Waals surface area contributed by atoms with Gasteiger partial charge in [0.25, 0.3) is 0 Å². The van der Waals surface area contributed by atoms with Crippen molar-refractivity contribution < 1.29 is 17.9 Å². The van der Waals surface area contributed by atoms with E-state index in [0.717, 1.165) is 40.0 Å². The lowest BCUT2D eigenvalue weighted by molar-refractivity contribution is -0.137. The molecule has 2 aromatic carbocycles. The molecule has 0 amide bonds. The van der Waals surface area contributed by atoms with Gasteiger partial charge in [0.15, 0.2) is 0 Å². The number of methoxy groups -OCH3 is 1. The van der Waals surface area contributed by atoms with Gasteiger partial charge in [-0.3, -0.25) is 0 Å². The Labute approximate surface area is 165 Å². The molecule has 0 aliphatic rings. The summed E-state index contributed by atoms with van der Waals surface area (Å²) in [5.74, 6) is 1.40. The summed E-state index contributed by atoms with van der Waals surface area (Å²) in [7, 11) is 1.62. The minimum absolute atomic E-state index is 0.469. The maximum Gasteiger partial charge on any atom is 0.416 e. The molecule has 148 valence electrons. The van der Waals surface area contributed by atoms with Crippen LogP contribution in [-0.4, -0.2) is 17.1 Å². The number of hydrogen-bond acceptors (Lipinski definition) is 3. The number of aromatic amines is 1. The summed E-state index contributed by atoms with van der Waals surface area (Å²) in [5, 5.41) is 4.07. The van der Waals surface area contributed by atoms with Crippen LogP contribution in [-0.2, 0) is 6.18 Å². The van der Waals surface area contributed by atoms with Crippen molar-refractivity contribution in [2.24, 2.45) is 0 Å². The fourth-order valence-electron chi connectivity index (χ4n) is 3.15. The fourth-order valence-corrected chi connectivity index (χ4v) is 3.15. The number of benzene rings is 2. The minimum Gasteiger partial charge on any atom is -0.497 e. The molecule has 0 unspecified atom stereocenters. The molecule has 7 heteroatoms. The molecule has 0 saturated carbocycles. The number of aryl methyl sites for hydroxylation is 1. The SMILES string of the molecule is COc1ccc(Nc2cc3[nH]c(-c4cccc(C(F)(F)F)c4)cc3cn2)c(C)c1. The van der Waals surface area contributed by atoms with Crippen LogP contribution in [0.4, 0.5) is 24.7 Å². The number of alkyl halides is 3. The van der Waals surface area contributed by atoms with Crippen LogP contribution in [0.15, 0.2) is 60.8 Å². The molecule has 2 N–H and O–H groups in total. The van der Waals surface area contributed by atoms with Gasteiger partial charge in [-0.15, -0.1) is 0 Å². The zero-order valence-corrected chi connectivity index (χ0v) is 15.8. The topological polar surface area (TPSA) is 49.9 Å². The summed E-state index contributed by atoms with van der Waals surface area (Å²) in [6, 6.07) is 14.5. The zero-order valence-electron chi connectivity index (χ0n) is 15.8. The van der Waals surface area contributed by atoms with Gasteiger partial charge >= 0.3 is 6.18 Å². The number of nitrogens with one attached hydrogen (secondary N) is 2. The second-order valence-electron chi connectivity index (χ2n) is 6.72. The molecule has 0 bridgehead atoms. The molecule has 2 heterocycles. The molecule has 4 nitrogen and oxygen atoms in total. The Morgan fingerprint density at radius 2 is 1.86 bits per heavy atom. The standard InChI is InChI=1S/C22H18F3N3O/c1-13-8-17(29-2)6-7-18(13)28-21-11-20-15(12-26-21)10-19(27-20)14-4-3-5-16(9-14)22(23,24)25/h3-12,27H,1-2H3,(H,26,28). The van der Waals surface area contributed by atoms with Crippen molar-refractivity contribution in [2.45, 2.75) is 13.1 Å². The van der Waals surface area contributed by atoms with Crippen LogP contribution in [0.25, 0.3) is 22.2 Å². The molecule has 4 aromatic rings. The highest BCUT2D eigenvalue weighted by Gasteiger charge is 2.30. The van der Waals surface area contributed by atoms with E-state index >= 15 is 0 Å². The van der Waals surface area contributed by atoms with Crippen LogP contribution in [0, 0.1) is 6.92 Å². The van der Waals surface area contributed by atoms with Gasteiger partial charge in [-0.1, -0.05) is 12.1 Å². The predicted molar refractivity (Wildman–Crippen MR) is 108 cm³/mol.